The highest BCUT2D eigenvalue weighted by Crippen LogP contribution is 2.19. The van der Waals surface area contributed by atoms with E-state index in [4.69, 9.17) is 0 Å². The van der Waals surface area contributed by atoms with Gasteiger partial charge in [0, 0.05) is 12.7 Å². The first-order valence-corrected chi connectivity index (χ1v) is 8.79. The molecule has 2 amide bonds. The van der Waals surface area contributed by atoms with E-state index < -0.39 is 0 Å². The molecule has 0 fully saturated rings. The van der Waals surface area contributed by atoms with Crippen LogP contribution in [-0.2, 0) is 6.42 Å². The predicted molar refractivity (Wildman–Crippen MR) is 104 cm³/mol. The Hall–Kier alpha value is -3.14. The largest absolute Gasteiger partial charge is 0.338 e. The Labute approximate surface area is 154 Å². The highest BCUT2D eigenvalue weighted by Gasteiger charge is 2.17. The van der Waals surface area contributed by atoms with Gasteiger partial charge in [-0.25, -0.2) is 4.79 Å². The van der Waals surface area contributed by atoms with Gasteiger partial charge in [-0.2, -0.15) is 0 Å². The van der Waals surface area contributed by atoms with Crippen molar-refractivity contribution >= 4 is 6.03 Å². The number of benzene rings is 2. The molecule has 3 rings (SSSR count). The van der Waals surface area contributed by atoms with Crippen molar-refractivity contribution in [1.82, 2.24) is 15.6 Å². The number of pyridine rings is 1. The van der Waals surface area contributed by atoms with Gasteiger partial charge in [0.1, 0.15) is 0 Å². The van der Waals surface area contributed by atoms with Gasteiger partial charge in [0.05, 0.1) is 11.7 Å². The zero-order valence-electron chi connectivity index (χ0n) is 14.9. The van der Waals surface area contributed by atoms with Crippen molar-refractivity contribution in [2.75, 3.05) is 6.54 Å². The van der Waals surface area contributed by atoms with E-state index in [1.54, 1.807) is 6.20 Å². The van der Waals surface area contributed by atoms with Crippen LogP contribution in [0, 0.1) is 6.92 Å². The number of carbonyl (C=O) groups excluding carboxylic acids is 1. The van der Waals surface area contributed by atoms with Crippen LogP contribution >= 0.6 is 0 Å². The summed E-state index contributed by atoms with van der Waals surface area (Å²) in [4.78, 5) is 16.8. The molecule has 0 radical (unpaired) electrons. The molecular formula is C22H23N3O. The molecule has 26 heavy (non-hydrogen) atoms. The second-order valence-corrected chi connectivity index (χ2v) is 6.18. The van der Waals surface area contributed by atoms with E-state index in [0.29, 0.717) is 6.54 Å². The number of hydrogen-bond acceptors (Lipinski definition) is 2. The molecule has 2 aromatic carbocycles. The molecule has 0 aliphatic rings. The van der Waals surface area contributed by atoms with Gasteiger partial charge in [0.15, 0.2) is 0 Å². The van der Waals surface area contributed by atoms with Crippen molar-refractivity contribution in [1.29, 1.82) is 0 Å². The molecular weight excluding hydrogens is 322 g/mol. The Morgan fingerprint density at radius 1 is 0.962 bits per heavy atom. The minimum absolute atomic E-state index is 0.196. The Morgan fingerprint density at radius 2 is 1.69 bits per heavy atom. The van der Waals surface area contributed by atoms with E-state index in [0.717, 1.165) is 17.7 Å². The molecule has 3 aromatic rings. The minimum Gasteiger partial charge on any atom is -0.338 e. The number of urea groups is 1. The van der Waals surface area contributed by atoms with Gasteiger partial charge in [-0.05, 0) is 42.2 Å². The number of rotatable bonds is 6. The first kappa shape index (κ1) is 17.7. The lowest BCUT2D eigenvalue weighted by atomic mass is 10.0. The van der Waals surface area contributed by atoms with Crippen LogP contribution in [0.15, 0.2) is 79.0 Å². The van der Waals surface area contributed by atoms with Gasteiger partial charge < -0.3 is 10.6 Å². The fraction of sp³-hybridized carbons (Fsp3) is 0.182. The van der Waals surface area contributed by atoms with Gasteiger partial charge in [-0.15, -0.1) is 0 Å². The Balaban J connectivity index is 1.63. The molecule has 0 bridgehead atoms. The maximum absolute atomic E-state index is 12.4. The molecule has 0 saturated heterocycles. The average Bonchev–Trinajstić information content (AvgIpc) is 2.69. The normalized spacial score (nSPS) is 11.6. The second kappa shape index (κ2) is 8.81. The van der Waals surface area contributed by atoms with Crippen LogP contribution in [-0.4, -0.2) is 17.6 Å². The summed E-state index contributed by atoms with van der Waals surface area (Å²) < 4.78 is 0. The third-order valence-electron chi connectivity index (χ3n) is 4.33. The number of nitrogens with one attached hydrogen (secondary N) is 2. The summed E-state index contributed by atoms with van der Waals surface area (Å²) in [7, 11) is 0. The number of carbonyl (C=O) groups is 1. The lowest BCUT2D eigenvalue weighted by Crippen LogP contribution is -2.39. The van der Waals surface area contributed by atoms with E-state index in [2.05, 4.69) is 34.7 Å². The van der Waals surface area contributed by atoms with Gasteiger partial charge in [0.2, 0.25) is 0 Å². The van der Waals surface area contributed by atoms with Crippen molar-refractivity contribution in [3.8, 4) is 0 Å². The molecule has 0 unspecified atom stereocenters. The first-order valence-electron chi connectivity index (χ1n) is 8.79. The first-order chi connectivity index (χ1) is 12.7. The van der Waals surface area contributed by atoms with Crippen LogP contribution in [0.4, 0.5) is 4.79 Å². The average molecular weight is 345 g/mol. The predicted octanol–water partition coefficient (Wildman–Crippen LogP) is 4.02. The molecule has 4 nitrogen and oxygen atoms in total. The third-order valence-corrected chi connectivity index (χ3v) is 4.33. The number of amides is 2. The van der Waals surface area contributed by atoms with Crippen LogP contribution < -0.4 is 10.6 Å². The van der Waals surface area contributed by atoms with Crippen molar-refractivity contribution in [3.63, 3.8) is 0 Å². The van der Waals surface area contributed by atoms with E-state index in [9.17, 15) is 4.79 Å². The molecule has 0 aliphatic carbocycles. The van der Waals surface area contributed by atoms with Gasteiger partial charge in [-0.3, -0.25) is 4.98 Å². The summed E-state index contributed by atoms with van der Waals surface area (Å²) in [5.74, 6) is 0. The summed E-state index contributed by atoms with van der Waals surface area (Å²) >= 11 is 0. The lowest BCUT2D eigenvalue weighted by Gasteiger charge is -2.19. The summed E-state index contributed by atoms with van der Waals surface area (Å²) in [6.07, 6.45) is 2.54. The summed E-state index contributed by atoms with van der Waals surface area (Å²) in [6.45, 7) is 2.67. The molecule has 0 spiro atoms. The highest BCUT2D eigenvalue weighted by atomic mass is 16.2. The molecule has 0 saturated carbocycles. The molecule has 1 aromatic heterocycles. The van der Waals surface area contributed by atoms with Crippen LogP contribution in [0.25, 0.3) is 0 Å². The molecule has 2 N–H and O–H groups in total. The summed E-state index contributed by atoms with van der Waals surface area (Å²) in [5, 5.41) is 5.99. The topological polar surface area (TPSA) is 54.0 Å². The molecule has 0 aliphatic heterocycles. The zero-order valence-corrected chi connectivity index (χ0v) is 14.9. The summed E-state index contributed by atoms with van der Waals surface area (Å²) in [5.41, 5.74) is 4.30. The lowest BCUT2D eigenvalue weighted by molar-refractivity contribution is 0.238. The van der Waals surface area contributed by atoms with E-state index in [-0.39, 0.29) is 12.1 Å². The molecule has 132 valence electrons. The molecule has 1 atom stereocenters. The monoisotopic (exact) mass is 345 g/mol. The number of aryl methyl sites for hydroxylation is 1. The SMILES string of the molecule is Cc1ccccc1CCNC(=O)N[C@H](c1ccccc1)c1ccccn1. The highest BCUT2D eigenvalue weighted by molar-refractivity contribution is 5.75. The maximum Gasteiger partial charge on any atom is 0.315 e. The smallest absolute Gasteiger partial charge is 0.315 e. The molecule has 4 heteroatoms. The van der Waals surface area contributed by atoms with E-state index in [1.807, 2.05) is 60.7 Å². The van der Waals surface area contributed by atoms with Crippen molar-refractivity contribution in [2.24, 2.45) is 0 Å². The standard InChI is InChI=1S/C22H23N3O/c1-17-9-5-6-10-18(17)14-16-24-22(26)25-21(19-11-3-2-4-12-19)20-13-7-8-15-23-20/h2-13,15,21H,14,16H2,1H3,(H2,24,25,26)/t21-/m1/s1. The quantitative estimate of drug-likeness (QED) is 0.709. The van der Waals surface area contributed by atoms with Crippen LogP contribution in [0.1, 0.15) is 28.4 Å². The third kappa shape index (κ3) is 4.70. The Kier molecular flexibility index (Phi) is 5.99. The van der Waals surface area contributed by atoms with E-state index in [1.165, 1.54) is 11.1 Å². The maximum atomic E-state index is 12.4. The van der Waals surface area contributed by atoms with Crippen molar-refractivity contribution in [3.05, 3.63) is 101 Å². The van der Waals surface area contributed by atoms with Crippen molar-refractivity contribution in [2.45, 2.75) is 19.4 Å². The van der Waals surface area contributed by atoms with Crippen LogP contribution in [0.5, 0.6) is 0 Å². The Morgan fingerprint density at radius 3 is 2.42 bits per heavy atom. The Bertz CT molecular complexity index is 795. The van der Waals surface area contributed by atoms with Gasteiger partial charge in [-0.1, -0.05) is 60.7 Å². The fourth-order valence-corrected chi connectivity index (χ4v) is 2.90. The van der Waals surface area contributed by atoms with Crippen LogP contribution in [0.2, 0.25) is 0 Å². The molecule has 1 heterocycles. The van der Waals surface area contributed by atoms with Crippen molar-refractivity contribution < 1.29 is 4.79 Å². The zero-order chi connectivity index (χ0) is 18.2. The van der Waals surface area contributed by atoms with Gasteiger partial charge in [0.25, 0.3) is 0 Å². The number of nitrogens with zero attached hydrogens (tertiary/aromatic N) is 1. The number of hydrogen-bond donors (Lipinski definition) is 2. The second-order valence-electron chi connectivity index (χ2n) is 6.18. The number of aromatic nitrogens is 1. The van der Waals surface area contributed by atoms with E-state index >= 15 is 0 Å². The van der Waals surface area contributed by atoms with Gasteiger partial charge >= 0.3 is 6.03 Å². The minimum atomic E-state index is -0.282. The fourth-order valence-electron chi connectivity index (χ4n) is 2.90. The summed E-state index contributed by atoms with van der Waals surface area (Å²) in [6, 6.07) is 23.3. The van der Waals surface area contributed by atoms with Crippen LogP contribution in [0.3, 0.4) is 0 Å².